The van der Waals surface area contributed by atoms with Gasteiger partial charge in [-0.2, -0.15) is 4.98 Å². The fourth-order valence-corrected chi connectivity index (χ4v) is 3.40. The summed E-state index contributed by atoms with van der Waals surface area (Å²) in [5.74, 6) is 0.203. The molecule has 24 heavy (non-hydrogen) atoms. The van der Waals surface area contributed by atoms with Crippen LogP contribution in [-0.2, 0) is 14.3 Å². The van der Waals surface area contributed by atoms with Gasteiger partial charge in [0.15, 0.2) is 5.82 Å². The van der Waals surface area contributed by atoms with Gasteiger partial charge < -0.3 is 9.47 Å². The second-order valence-corrected chi connectivity index (χ2v) is 6.25. The van der Waals surface area contributed by atoms with Gasteiger partial charge >= 0.3 is 5.97 Å². The molecule has 2 aromatic heterocycles. The average Bonchev–Trinajstić information content (AvgIpc) is 3.12. The average molecular weight is 343 g/mol. The van der Waals surface area contributed by atoms with E-state index in [4.69, 9.17) is 9.47 Å². The SMILES string of the molecule is CO/C=C(\C(=O)OC)c1sc2nc(-c3ccc(C)cc3)nn2c1C. The number of methoxy groups -OCH3 is 2. The lowest BCUT2D eigenvalue weighted by Gasteiger charge is -2.03. The maximum Gasteiger partial charge on any atom is 0.342 e. The standard InChI is InChI=1S/C17H17N3O3S/c1-10-5-7-12(8-6-10)15-18-17-20(19-15)11(2)14(24-17)13(9-22-3)16(21)23-4/h5-9H,1-4H3/b13-9-. The summed E-state index contributed by atoms with van der Waals surface area (Å²) in [6.07, 6.45) is 1.38. The third kappa shape index (κ3) is 2.78. The Kier molecular flexibility index (Phi) is 4.35. The minimum Gasteiger partial charge on any atom is -0.503 e. The van der Waals surface area contributed by atoms with Gasteiger partial charge in [-0.05, 0) is 13.8 Å². The molecule has 0 aliphatic rings. The first-order chi connectivity index (χ1) is 11.5. The topological polar surface area (TPSA) is 65.7 Å². The molecule has 0 saturated heterocycles. The van der Waals surface area contributed by atoms with E-state index in [-0.39, 0.29) is 0 Å². The van der Waals surface area contributed by atoms with Crippen LogP contribution in [0.2, 0.25) is 0 Å². The third-order valence-electron chi connectivity index (χ3n) is 3.61. The van der Waals surface area contributed by atoms with Crippen molar-refractivity contribution in [2.45, 2.75) is 13.8 Å². The summed E-state index contributed by atoms with van der Waals surface area (Å²) in [5.41, 5.74) is 3.31. The van der Waals surface area contributed by atoms with E-state index in [1.165, 1.54) is 37.4 Å². The normalized spacial score (nSPS) is 11.8. The molecule has 0 atom stereocenters. The summed E-state index contributed by atoms with van der Waals surface area (Å²) >= 11 is 1.37. The number of benzene rings is 1. The van der Waals surface area contributed by atoms with Crippen molar-refractivity contribution in [3.63, 3.8) is 0 Å². The highest BCUT2D eigenvalue weighted by molar-refractivity contribution is 7.18. The van der Waals surface area contributed by atoms with E-state index in [1.54, 1.807) is 4.52 Å². The Morgan fingerprint density at radius 2 is 1.92 bits per heavy atom. The Balaban J connectivity index is 2.07. The molecule has 0 saturated carbocycles. The van der Waals surface area contributed by atoms with Gasteiger partial charge in [0.2, 0.25) is 4.96 Å². The first kappa shape index (κ1) is 16.2. The summed E-state index contributed by atoms with van der Waals surface area (Å²) in [5, 5.41) is 4.56. The maximum absolute atomic E-state index is 12.0. The number of ether oxygens (including phenoxy) is 2. The Hall–Kier alpha value is -2.67. The van der Waals surface area contributed by atoms with Gasteiger partial charge in [0.25, 0.3) is 0 Å². The molecule has 3 rings (SSSR count). The van der Waals surface area contributed by atoms with E-state index >= 15 is 0 Å². The number of aryl methyl sites for hydroxylation is 2. The number of hydrogen-bond donors (Lipinski definition) is 0. The van der Waals surface area contributed by atoms with Crippen molar-refractivity contribution in [2.75, 3.05) is 14.2 Å². The van der Waals surface area contributed by atoms with Crippen molar-refractivity contribution >= 4 is 27.8 Å². The largest absolute Gasteiger partial charge is 0.503 e. The van der Waals surface area contributed by atoms with Crippen LogP contribution in [0.3, 0.4) is 0 Å². The Bertz CT molecular complexity index is 923. The fraction of sp³-hybridized carbons (Fsp3) is 0.235. The molecule has 0 N–H and O–H groups in total. The summed E-state index contributed by atoms with van der Waals surface area (Å²) in [7, 11) is 2.83. The zero-order chi connectivity index (χ0) is 17.3. The third-order valence-corrected chi connectivity index (χ3v) is 4.78. The van der Waals surface area contributed by atoms with Crippen LogP contribution < -0.4 is 0 Å². The van der Waals surface area contributed by atoms with Crippen LogP contribution in [0.1, 0.15) is 16.1 Å². The van der Waals surface area contributed by atoms with Gasteiger partial charge in [-0.25, -0.2) is 9.31 Å². The lowest BCUT2D eigenvalue weighted by Crippen LogP contribution is -2.05. The molecule has 0 amide bonds. The Morgan fingerprint density at radius 1 is 1.21 bits per heavy atom. The van der Waals surface area contributed by atoms with Crippen LogP contribution in [0.4, 0.5) is 0 Å². The molecule has 0 bridgehead atoms. The summed E-state index contributed by atoms with van der Waals surface area (Å²) in [6.45, 7) is 3.93. The van der Waals surface area contributed by atoms with Gasteiger partial charge in [0.1, 0.15) is 5.57 Å². The predicted molar refractivity (Wildman–Crippen MR) is 92.8 cm³/mol. The summed E-state index contributed by atoms with van der Waals surface area (Å²) in [4.78, 5) is 18.0. The van der Waals surface area contributed by atoms with E-state index in [0.717, 1.165) is 16.1 Å². The van der Waals surface area contributed by atoms with Gasteiger partial charge in [-0.3, -0.25) is 0 Å². The smallest absolute Gasteiger partial charge is 0.342 e. The molecule has 1 aromatic carbocycles. The van der Waals surface area contributed by atoms with Crippen LogP contribution in [-0.4, -0.2) is 34.8 Å². The number of hydrogen-bond acceptors (Lipinski definition) is 6. The van der Waals surface area contributed by atoms with Crippen LogP contribution in [0.15, 0.2) is 30.5 Å². The van der Waals surface area contributed by atoms with Crippen molar-refractivity contribution in [3.8, 4) is 11.4 Å². The maximum atomic E-state index is 12.0. The van der Waals surface area contributed by atoms with Crippen LogP contribution in [0, 0.1) is 13.8 Å². The summed E-state index contributed by atoms with van der Waals surface area (Å²) < 4.78 is 11.6. The molecule has 124 valence electrons. The molecular formula is C17H17N3O3S. The first-order valence-corrected chi connectivity index (χ1v) is 8.11. The van der Waals surface area contributed by atoms with Crippen molar-refractivity contribution in [2.24, 2.45) is 0 Å². The van der Waals surface area contributed by atoms with Crippen molar-refractivity contribution in [3.05, 3.63) is 46.7 Å². The molecule has 3 aromatic rings. The number of fused-ring (bicyclic) bond motifs is 1. The second kappa shape index (κ2) is 6.45. The van der Waals surface area contributed by atoms with Gasteiger partial charge in [-0.15, -0.1) is 5.10 Å². The van der Waals surface area contributed by atoms with Crippen molar-refractivity contribution < 1.29 is 14.3 Å². The highest BCUT2D eigenvalue weighted by atomic mass is 32.1. The van der Waals surface area contributed by atoms with E-state index in [2.05, 4.69) is 10.1 Å². The lowest BCUT2D eigenvalue weighted by atomic mass is 10.1. The Labute approximate surface area is 143 Å². The number of carbonyl (C=O) groups excluding carboxylic acids is 1. The minimum absolute atomic E-state index is 0.353. The van der Waals surface area contributed by atoms with Gasteiger partial charge in [0.05, 0.1) is 31.1 Å². The van der Waals surface area contributed by atoms with Crippen LogP contribution in [0.25, 0.3) is 21.9 Å². The number of aromatic nitrogens is 3. The van der Waals surface area contributed by atoms with E-state index in [0.29, 0.717) is 16.4 Å². The molecule has 0 radical (unpaired) electrons. The first-order valence-electron chi connectivity index (χ1n) is 7.30. The second-order valence-electron chi connectivity index (χ2n) is 5.27. The number of esters is 1. The highest BCUT2D eigenvalue weighted by Crippen LogP contribution is 2.30. The molecule has 0 unspecified atom stereocenters. The predicted octanol–water partition coefficient (Wildman–Crippen LogP) is 3.23. The van der Waals surface area contributed by atoms with Gasteiger partial charge in [0, 0.05) is 5.56 Å². The summed E-state index contributed by atoms with van der Waals surface area (Å²) in [6, 6.07) is 8.05. The monoisotopic (exact) mass is 343 g/mol. The highest BCUT2D eigenvalue weighted by Gasteiger charge is 2.22. The van der Waals surface area contributed by atoms with E-state index in [9.17, 15) is 4.79 Å². The lowest BCUT2D eigenvalue weighted by molar-refractivity contribution is -0.133. The molecule has 6 nitrogen and oxygen atoms in total. The van der Waals surface area contributed by atoms with E-state index < -0.39 is 5.97 Å². The molecular weight excluding hydrogens is 326 g/mol. The minimum atomic E-state index is -0.455. The fourth-order valence-electron chi connectivity index (χ4n) is 2.34. The zero-order valence-corrected chi connectivity index (χ0v) is 14.7. The number of carbonyl (C=O) groups is 1. The Morgan fingerprint density at radius 3 is 2.50 bits per heavy atom. The van der Waals surface area contributed by atoms with Crippen LogP contribution in [0.5, 0.6) is 0 Å². The molecule has 2 heterocycles. The zero-order valence-electron chi connectivity index (χ0n) is 13.9. The quantitative estimate of drug-likeness (QED) is 0.413. The van der Waals surface area contributed by atoms with Crippen molar-refractivity contribution in [1.29, 1.82) is 0 Å². The van der Waals surface area contributed by atoms with Gasteiger partial charge in [-0.1, -0.05) is 41.2 Å². The van der Waals surface area contributed by atoms with Crippen molar-refractivity contribution in [1.82, 2.24) is 14.6 Å². The molecule has 0 fully saturated rings. The van der Waals surface area contributed by atoms with Crippen LogP contribution >= 0.6 is 11.3 Å². The number of thiazole rings is 1. The molecule has 7 heteroatoms. The molecule has 0 aliphatic carbocycles. The molecule has 0 spiro atoms. The number of rotatable bonds is 4. The molecule has 0 aliphatic heterocycles. The number of nitrogens with zero attached hydrogens (tertiary/aromatic N) is 3. The van der Waals surface area contributed by atoms with E-state index in [1.807, 2.05) is 38.1 Å².